The van der Waals surface area contributed by atoms with Crippen molar-refractivity contribution in [3.8, 4) is 0 Å². The molecule has 1 fully saturated rings. The zero-order valence-electron chi connectivity index (χ0n) is 10.1. The van der Waals surface area contributed by atoms with Gasteiger partial charge in [0.2, 0.25) is 0 Å². The highest BCUT2D eigenvalue weighted by Gasteiger charge is 2.27. The average Bonchev–Trinajstić information content (AvgIpc) is 2.33. The molecule has 17 heavy (non-hydrogen) atoms. The molecule has 0 amide bonds. The summed E-state index contributed by atoms with van der Waals surface area (Å²) in [4.78, 5) is 2.29. The van der Waals surface area contributed by atoms with E-state index < -0.39 is 6.10 Å². The molecule has 2 rings (SSSR count). The Hall–Kier alpha value is -0.610. The number of nitrogens with one attached hydrogen (secondary N) is 1. The zero-order valence-corrected chi connectivity index (χ0v) is 10.8. The van der Waals surface area contributed by atoms with Gasteiger partial charge in [0.25, 0.3) is 0 Å². The summed E-state index contributed by atoms with van der Waals surface area (Å²) >= 11 is 6.23. The number of benzene rings is 1. The quantitative estimate of drug-likeness (QED) is 0.861. The predicted molar refractivity (Wildman–Crippen MR) is 70.3 cm³/mol. The van der Waals surface area contributed by atoms with Crippen LogP contribution in [0.2, 0.25) is 5.02 Å². The lowest BCUT2D eigenvalue weighted by Gasteiger charge is -2.37. The molecule has 1 saturated heterocycles. The van der Waals surface area contributed by atoms with E-state index in [1.807, 2.05) is 31.2 Å². The van der Waals surface area contributed by atoms with Gasteiger partial charge in [0.1, 0.15) is 0 Å². The molecule has 0 aliphatic carbocycles. The first-order valence-corrected chi connectivity index (χ1v) is 6.45. The van der Waals surface area contributed by atoms with Crippen LogP contribution in [0.3, 0.4) is 0 Å². The van der Waals surface area contributed by atoms with Crippen molar-refractivity contribution in [1.29, 1.82) is 0 Å². The third-order valence-corrected chi connectivity index (χ3v) is 3.57. The van der Waals surface area contributed by atoms with Crippen molar-refractivity contribution in [2.24, 2.45) is 0 Å². The molecule has 0 spiro atoms. The van der Waals surface area contributed by atoms with Gasteiger partial charge >= 0.3 is 0 Å². The lowest BCUT2D eigenvalue weighted by atomic mass is 10.00. The molecule has 1 aliphatic heterocycles. The van der Waals surface area contributed by atoms with Gasteiger partial charge in [-0.05, 0) is 18.6 Å². The number of aliphatic hydroxyl groups excluding tert-OH is 1. The highest BCUT2D eigenvalue weighted by atomic mass is 35.5. The Morgan fingerprint density at radius 2 is 1.94 bits per heavy atom. The summed E-state index contributed by atoms with van der Waals surface area (Å²) in [6, 6.07) is 7.77. The molecular formula is C13H19ClN2O. The van der Waals surface area contributed by atoms with Crippen molar-refractivity contribution in [3.05, 3.63) is 34.9 Å². The van der Waals surface area contributed by atoms with Crippen molar-refractivity contribution >= 4 is 11.6 Å². The minimum atomic E-state index is -0.423. The Kier molecular flexibility index (Phi) is 4.40. The van der Waals surface area contributed by atoms with Gasteiger partial charge in [0, 0.05) is 31.2 Å². The fourth-order valence-electron chi connectivity index (χ4n) is 2.44. The topological polar surface area (TPSA) is 35.5 Å². The van der Waals surface area contributed by atoms with E-state index in [0.29, 0.717) is 0 Å². The largest absolute Gasteiger partial charge is 0.391 e. The van der Waals surface area contributed by atoms with E-state index in [9.17, 15) is 5.11 Å². The maximum Gasteiger partial charge on any atom is 0.0709 e. The van der Waals surface area contributed by atoms with Crippen LogP contribution in [0.5, 0.6) is 0 Å². The molecule has 0 aromatic heterocycles. The van der Waals surface area contributed by atoms with E-state index >= 15 is 0 Å². The van der Waals surface area contributed by atoms with E-state index in [-0.39, 0.29) is 6.04 Å². The summed E-state index contributed by atoms with van der Waals surface area (Å²) in [5.41, 5.74) is 1.02. The molecule has 1 aromatic rings. The Balaban J connectivity index is 2.25. The van der Waals surface area contributed by atoms with E-state index in [1.165, 1.54) is 0 Å². The lowest BCUT2D eigenvalue weighted by Crippen LogP contribution is -2.47. The molecule has 0 radical (unpaired) electrons. The normalized spacial score (nSPS) is 21.1. The third-order valence-electron chi connectivity index (χ3n) is 3.23. The molecule has 1 aliphatic rings. The zero-order chi connectivity index (χ0) is 12.3. The number of rotatable bonds is 3. The summed E-state index contributed by atoms with van der Waals surface area (Å²) < 4.78 is 0. The van der Waals surface area contributed by atoms with Crippen LogP contribution in [0.25, 0.3) is 0 Å². The van der Waals surface area contributed by atoms with Crippen molar-refractivity contribution in [2.45, 2.75) is 19.1 Å². The molecule has 3 nitrogen and oxygen atoms in total. The van der Waals surface area contributed by atoms with Gasteiger partial charge in [-0.2, -0.15) is 0 Å². The monoisotopic (exact) mass is 254 g/mol. The van der Waals surface area contributed by atoms with Crippen LogP contribution in [-0.4, -0.2) is 42.3 Å². The molecule has 2 N–H and O–H groups in total. The van der Waals surface area contributed by atoms with Crippen LogP contribution in [0.1, 0.15) is 18.5 Å². The van der Waals surface area contributed by atoms with Gasteiger partial charge in [-0.3, -0.25) is 4.90 Å². The number of nitrogens with zero attached hydrogens (tertiary/aromatic N) is 1. The smallest absolute Gasteiger partial charge is 0.0709 e. The highest BCUT2D eigenvalue weighted by molar-refractivity contribution is 6.31. The minimum absolute atomic E-state index is 0.00852. The summed E-state index contributed by atoms with van der Waals surface area (Å²) in [7, 11) is 0. The van der Waals surface area contributed by atoms with Crippen LogP contribution in [-0.2, 0) is 0 Å². The standard InChI is InChI=1S/C13H19ClN2O/c1-10(17)13(16-8-6-15-7-9-16)11-4-2-3-5-12(11)14/h2-5,10,13,15,17H,6-9H2,1H3. The maximum atomic E-state index is 10.0. The first kappa shape index (κ1) is 12.8. The molecular weight excluding hydrogens is 236 g/mol. The summed E-state index contributed by atoms with van der Waals surface area (Å²) in [6.07, 6.45) is -0.423. The second kappa shape index (κ2) is 5.83. The Bertz CT molecular complexity index is 364. The van der Waals surface area contributed by atoms with E-state index in [1.54, 1.807) is 0 Å². The van der Waals surface area contributed by atoms with E-state index in [2.05, 4.69) is 10.2 Å². The van der Waals surface area contributed by atoms with Gasteiger partial charge in [0.05, 0.1) is 12.1 Å². The molecule has 0 bridgehead atoms. The first-order valence-electron chi connectivity index (χ1n) is 6.07. The second-order valence-electron chi connectivity index (χ2n) is 4.49. The molecule has 4 heteroatoms. The SMILES string of the molecule is CC(O)C(c1ccccc1Cl)N1CCNCC1. The van der Waals surface area contributed by atoms with E-state index in [4.69, 9.17) is 11.6 Å². The van der Waals surface area contributed by atoms with Gasteiger partial charge < -0.3 is 10.4 Å². The van der Waals surface area contributed by atoms with Crippen LogP contribution in [0.4, 0.5) is 0 Å². The summed E-state index contributed by atoms with van der Waals surface area (Å²) in [6.45, 7) is 5.65. The highest BCUT2D eigenvalue weighted by Crippen LogP contribution is 2.30. The van der Waals surface area contributed by atoms with Crippen molar-refractivity contribution < 1.29 is 5.11 Å². The van der Waals surface area contributed by atoms with Crippen LogP contribution in [0, 0.1) is 0 Å². The van der Waals surface area contributed by atoms with Crippen LogP contribution >= 0.6 is 11.6 Å². The van der Waals surface area contributed by atoms with Crippen LogP contribution in [0.15, 0.2) is 24.3 Å². The first-order chi connectivity index (χ1) is 8.20. The number of aliphatic hydroxyl groups is 1. The second-order valence-corrected chi connectivity index (χ2v) is 4.90. The number of halogens is 1. The molecule has 1 aromatic carbocycles. The summed E-state index contributed by atoms with van der Waals surface area (Å²) in [5, 5.41) is 14.1. The van der Waals surface area contributed by atoms with Gasteiger partial charge in [-0.15, -0.1) is 0 Å². The van der Waals surface area contributed by atoms with Crippen molar-refractivity contribution in [3.63, 3.8) is 0 Å². The molecule has 0 saturated carbocycles. The van der Waals surface area contributed by atoms with Gasteiger partial charge in [-0.25, -0.2) is 0 Å². The summed E-state index contributed by atoms with van der Waals surface area (Å²) in [5.74, 6) is 0. The molecule has 1 heterocycles. The maximum absolute atomic E-state index is 10.0. The molecule has 2 atom stereocenters. The average molecular weight is 255 g/mol. The van der Waals surface area contributed by atoms with Gasteiger partial charge in [0.15, 0.2) is 0 Å². The molecule has 2 unspecified atom stereocenters. The Morgan fingerprint density at radius 3 is 2.53 bits per heavy atom. The lowest BCUT2D eigenvalue weighted by molar-refractivity contribution is 0.0526. The van der Waals surface area contributed by atoms with Crippen molar-refractivity contribution in [2.75, 3.05) is 26.2 Å². The van der Waals surface area contributed by atoms with Gasteiger partial charge in [-0.1, -0.05) is 29.8 Å². The minimum Gasteiger partial charge on any atom is -0.391 e. The number of hydrogen-bond acceptors (Lipinski definition) is 3. The van der Waals surface area contributed by atoms with E-state index in [0.717, 1.165) is 36.8 Å². The van der Waals surface area contributed by atoms with Crippen molar-refractivity contribution in [1.82, 2.24) is 10.2 Å². The molecule has 94 valence electrons. The number of piperazine rings is 1. The third kappa shape index (κ3) is 2.99. The number of hydrogen-bond donors (Lipinski definition) is 2. The van der Waals surface area contributed by atoms with Crippen LogP contribution < -0.4 is 5.32 Å². The fourth-order valence-corrected chi connectivity index (χ4v) is 2.68. The fraction of sp³-hybridized carbons (Fsp3) is 0.538. The predicted octanol–water partition coefficient (Wildman–Crippen LogP) is 1.67. The Morgan fingerprint density at radius 1 is 1.29 bits per heavy atom. The Labute approximate surface area is 107 Å².